The molecule has 0 unspecified atom stereocenters. The lowest BCUT2D eigenvalue weighted by Gasteiger charge is -2.08. The first-order valence-electron chi connectivity index (χ1n) is 6.02. The number of carbonyl (C=O) groups excluding carboxylic acids is 1. The van der Waals surface area contributed by atoms with Crippen molar-refractivity contribution in [1.29, 1.82) is 0 Å². The Kier molecular flexibility index (Phi) is 4.88. The standard InChI is InChI=1S/C15H12ClNO3S/c16-12-7-9(14(17)18)5-6-10(12)8-21-13-4-2-1-3-11(13)15(19)20/h1-7H,8H2,(H2,17,18)(H,19,20). The van der Waals surface area contributed by atoms with Crippen LogP contribution in [0.4, 0.5) is 0 Å². The second kappa shape index (κ2) is 6.65. The molecule has 2 aromatic rings. The average molecular weight is 322 g/mol. The van der Waals surface area contributed by atoms with E-state index in [0.29, 0.717) is 21.2 Å². The first kappa shape index (κ1) is 15.4. The van der Waals surface area contributed by atoms with Crippen molar-refractivity contribution < 1.29 is 14.7 Å². The van der Waals surface area contributed by atoms with Gasteiger partial charge in [0.15, 0.2) is 0 Å². The second-order valence-electron chi connectivity index (χ2n) is 4.26. The van der Waals surface area contributed by atoms with E-state index >= 15 is 0 Å². The highest BCUT2D eigenvalue weighted by atomic mass is 35.5. The molecule has 0 aliphatic carbocycles. The number of nitrogens with two attached hydrogens (primary N) is 1. The minimum atomic E-state index is -0.965. The molecule has 0 atom stereocenters. The summed E-state index contributed by atoms with van der Waals surface area (Å²) in [6, 6.07) is 11.6. The Bertz CT molecular complexity index is 703. The molecular formula is C15H12ClNO3S. The van der Waals surface area contributed by atoms with Gasteiger partial charge in [-0.05, 0) is 29.8 Å². The molecule has 0 fully saturated rings. The van der Waals surface area contributed by atoms with Gasteiger partial charge in [0.25, 0.3) is 0 Å². The molecule has 0 radical (unpaired) electrons. The first-order valence-corrected chi connectivity index (χ1v) is 7.38. The zero-order valence-corrected chi connectivity index (χ0v) is 12.4. The molecule has 0 aliphatic heterocycles. The smallest absolute Gasteiger partial charge is 0.336 e. The maximum atomic E-state index is 11.1. The third-order valence-electron chi connectivity index (χ3n) is 2.84. The van der Waals surface area contributed by atoms with Crippen LogP contribution in [0.15, 0.2) is 47.4 Å². The van der Waals surface area contributed by atoms with Gasteiger partial charge in [0.2, 0.25) is 5.91 Å². The van der Waals surface area contributed by atoms with E-state index in [-0.39, 0.29) is 5.56 Å². The molecule has 21 heavy (non-hydrogen) atoms. The number of thioether (sulfide) groups is 1. The van der Waals surface area contributed by atoms with Crippen LogP contribution in [0.25, 0.3) is 0 Å². The summed E-state index contributed by atoms with van der Waals surface area (Å²) >= 11 is 7.48. The fourth-order valence-electron chi connectivity index (χ4n) is 1.74. The van der Waals surface area contributed by atoms with Gasteiger partial charge in [-0.2, -0.15) is 0 Å². The molecule has 0 spiro atoms. The molecule has 108 valence electrons. The fourth-order valence-corrected chi connectivity index (χ4v) is 3.12. The first-order chi connectivity index (χ1) is 9.99. The van der Waals surface area contributed by atoms with Gasteiger partial charge in [0.05, 0.1) is 5.56 Å². The number of carbonyl (C=O) groups is 2. The Labute approximate surface area is 130 Å². The van der Waals surface area contributed by atoms with Crippen LogP contribution >= 0.6 is 23.4 Å². The number of rotatable bonds is 5. The van der Waals surface area contributed by atoms with E-state index in [4.69, 9.17) is 22.4 Å². The van der Waals surface area contributed by atoms with Crippen molar-refractivity contribution in [3.63, 3.8) is 0 Å². The van der Waals surface area contributed by atoms with E-state index in [1.165, 1.54) is 17.8 Å². The largest absolute Gasteiger partial charge is 0.478 e. The van der Waals surface area contributed by atoms with Crippen LogP contribution in [-0.2, 0) is 5.75 Å². The van der Waals surface area contributed by atoms with E-state index < -0.39 is 11.9 Å². The van der Waals surface area contributed by atoms with Crippen molar-refractivity contribution in [1.82, 2.24) is 0 Å². The van der Waals surface area contributed by atoms with Crippen LogP contribution in [0.1, 0.15) is 26.3 Å². The summed E-state index contributed by atoms with van der Waals surface area (Å²) in [5, 5.41) is 9.56. The Morgan fingerprint density at radius 2 is 1.90 bits per heavy atom. The average Bonchev–Trinajstić information content (AvgIpc) is 2.46. The molecule has 6 heteroatoms. The van der Waals surface area contributed by atoms with Crippen molar-refractivity contribution in [3.8, 4) is 0 Å². The molecule has 2 rings (SSSR count). The van der Waals surface area contributed by atoms with Gasteiger partial charge in [0, 0.05) is 21.2 Å². The maximum absolute atomic E-state index is 11.1. The monoisotopic (exact) mass is 321 g/mol. The van der Waals surface area contributed by atoms with Crippen LogP contribution < -0.4 is 5.73 Å². The summed E-state index contributed by atoms with van der Waals surface area (Å²) in [7, 11) is 0. The lowest BCUT2D eigenvalue weighted by molar-refractivity contribution is 0.0693. The van der Waals surface area contributed by atoms with E-state index in [1.807, 2.05) is 0 Å². The number of carboxylic acid groups (broad SMARTS) is 1. The molecule has 1 amide bonds. The molecule has 0 saturated heterocycles. The van der Waals surface area contributed by atoms with Gasteiger partial charge in [0.1, 0.15) is 0 Å². The van der Waals surface area contributed by atoms with E-state index in [2.05, 4.69) is 0 Å². The number of hydrogen-bond acceptors (Lipinski definition) is 3. The van der Waals surface area contributed by atoms with Gasteiger partial charge in [-0.3, -0.25) is 4.79 Å². The SMILES string of the molecule is NC(=O)c1ccc(CSc2ccccc2C(=O)O)c(Cl)c1. The Balaban J connectivity index is 2.17. The van der Waals surface area contributed by atoms with Gasteiger partial charge < -0.3 is 10.8 Å². The minimum Gasteiger partial charge on any atom is -0.478 e. The maximum Gasteiger partial charge on any atom is 0.336 e. The van der Waals surface area contributed by atoms with Crippen molar-refractivity contribution in [3.05, 3.63) is 64.2 Å². The molecule has 0 aliphatic rings. The van der Waals surface area contributed by atoms with Gasteiger partial charge in [-0.1, -0.05) is 29.8 Å². The van der Waals surface area contributed by atoms with Crippen molar-refractivity contribution in [2.24, 2.45) is 5.73 Å². The molecule has 0 bridgehead atoms. The lowest BCUT2D eigenvalue weighted by atomic mass is 10.1. The lowest BCUT2D eigenvalue weighted by Crippen LogP contribution is -2.10. The van der Waals surface area contributed by atoms with Crippen LogP contribution in [0, 0.1) is 0 Å². The quantitative estimate of drug-likeness (QED) is 0.827. The fraction of sp³-hybridized carbons (Fsp3) is 0.0667. The molecule has 0 heterocycles. The molecular weight excluding hydrogens is 310 g/mol. The Morgan fingerprint density at radius 3 is 2.52 bits per heavy atom. The van der Waals surface area contributed by atoms with E-state index in [9.17, 15) is 9.59 Å². The number of benzene rings is 2. The predicted molar refractivity (Wildman–Crippen MR) is 82.9 cm³/mol. The van der Waals surface area contributed by atoms with Gasteiger partial charge in [-0.25, -0.2) is 4.79 Å². The summed E-state index contributed by atoms with van der Waals surface area (Å²) in [4.78, 5) is 22.9. The number of aromatic carboxylic acids is 1. The third-order valence-corrected chi connectivity index (χ3v) is 4.31. The topological polar surface area (TPSA) is 80.4 Å². The molecule has 3 N–H and O–H groups in total. The summed E-state index contributed by atoms with van der Waals surface area (Å²) in [6.45, 7) is 0. The second-order valence-corrected chi connectivity index (χ2v) is 5.68. The zero-order chi connectivity index (χ0) is 15.4. The number of hydrogen-bond donors (Lipinski definition) is 2. The van der Waals surface area contributed by atoms with Crippen LogP contribution in [0.3, 0.4) is 0 Å². The van der Waals surface area contributed by atoms with Gasteiger partial charge in [-0.15, -0.1) is 11.8 Å². The molecule has 0 saturated carbocycles. The molecule has 0 aromatic heterocycles. The van der Waals surface area contributed by atoms with Crippen molar-refractivity contribution in [2.75, 3.05) is 0 Å². The van der Waals surface area contributed by atoms with Crippen LogP contribution in [0.5, 0.6) is 0 Å². The number of primary amides is 1. The van der Waals surface area contributed by atoms with Crippen molar-refractivity contribution >= 4 is 35.2 Å². The van der Waals surface area contributed by atoms with Gasteiger partial charge >= 0.3 is 5.97 Å². The number of halogens is 1. The highest BCUT2D eigenvalue weighted by molar-refractivity contribution is 7.98. The summed E-state index contributed by atoms with van der Waals surface area (Å²) in [5.74, 6) is -0.997. The predicted octanol–water partition coefficient (Wildman–Crippen LogP) is 3.43. The van der Waals surface area contributed by atoms with Crippen molar-refractivity contribution in [2.45, 2.75) is 10.6 Å². The molecule has 4 nitrogen and oxygen atoms in total. The normalized spacial score (nSPS) is 10.3. The Hall–Kier alpha value is -1.98. The van der Waals surface area contributed by atoms with Crippen LogP contribution in [-0.4, -0.2) is 17.0 Å². The Morgan fingerprint density at radius 1 is 1.19 bits per heavy atom. The number of amides is 1. The highest BCUT2D eigenvalue weighted by Gasteiger charge is 2.11. The van der Waals surface area contributed by atoms with E-state index in [0.717, 1.165) is 5.56 Å². The minimum absolute atomic E-state index is 0.257. The highest BCUT2D eigenvalue weighted by Crippen LogP contribution is 2.29. The third kappa shape index (κ3) is 3.77. The summed E-state index contributed by atoms with van der Waals surface area (Å²) < 4.78 is 0. The summed E-state index contributed by atoms with van der Waals surface area (Å²) in [5.41, 5.74) is 6.60. The van der Waals surface area contributed by atoms with E-state index in [1.54, 1.807) is 36.4 Å². The van der Waals surface area contributed by atoms with Crippen LogP contribution in [0.2, 0.25) is 5.02 Å². The number of carboxylic acids is 1. The summed E-state index contributed by atoms with van der Waals surface area (Å²) in [6.07, 6.45) is 0. The zero-order valence-electron chi connectivity index (χ0n) is 10.9. The molecule has 2 aromatic carbocycles.